The number of benzene rings is 1. The van der Waals surface area contributed by atoms with E-state index in [4.69, 9.17) is 0 Å². The van der Waals surface area contributed by atoms with Gasteiger partial charge in [0.1, 0.15) is 5.69 Å². The standard InChI is InChI=1S/C19H27N5O/c1-14(16-8-10-20-11-9-16)12-19(25)21-15(2)18-13-24(23-22-18)17-6-4-3-5-7-17/h3-7,13-16,20H,8-12H2,1-2H3,(H,21,25). The maximum atomic E-state index is 12.4. The molecule has 25 heavy (non-hydrogen) atoms. The molecule has 2 N–H and O–H groups in total. The number of nitrogens with one attached hydrogen (secondary N) is 2. The van der Waals surface area contributed by atoms with E-state index in [9.17, 15) is 4.79 Å². The first kappa shape index (κ1) is 17.6. The highest BCUT2D eigenvalue weighted by molar-refractivity contribution is 5.76. The second-order valence-corrected chi connectivity index (χ2v) is 6.98. The zero-order valence-electron chi connectivity index (χ0n) is 15.0. The number of amides is 1. The summed E-state index contributed by atoms with van der Waals surface area (Å²) < 4.78 is 1.73. The Balaban J connectivity index is 1.54. The van der Waals surface area contributed by atoms with Crippen LogP contribution in [0.1, 0.15) is 44.8 Å². The minimum Gasteiger partial charge on any atom is -0.348 e. The van der Waals surface area contributed by atoms with Crippen molar-refractivity contribution in [3.05, 3.63) is 42.2 Å². The third-order valence-electron chi connectivity index (χ3n) is 5.05. The van der Waals surface area contributed by atoms with Crippen LogP contribution in [0.3, 0.4) is 0 Å². The number of carbonyl (C=O) groups is 1. The van der Waals surface area contributed by atoms with Gasteiger partial charge in [0, 0.05) is 6.42 Å². The first-order valence-corrected chi connectivity index (χ1v) is 9.11. The smallest absolute Gasteiger partial charge is 0.220 e. The Bertz CT molecular complexity index is 678. The van der Waals surface area contributed by atoms with Gasteiger partial charge in [-0.3, -0.25) is 4.79 Å². The van der Waals surface area contributed by atoms with E-state index in [-0.39, 0.29) is 11.9 Å². The monoisotopic (exact) mass is 341 g/mol. The Kier molecular flexibility index (Phi) is 5.81. The molecule has 1 aromatic carbocycles. The SMILES string of the molecule is CC(NC(=O)CC(C)C1CCNCC1)c1cn(-c2ccccc2)nn1. The summed E-state index contributed by atoms with van der Waals surface area (Å²) in [5.74, 6) is 1.14. The summed E-state index contributed by atoms with van der Waals surface area (Å²) in [4.78, 5) is 12.4. The first-order valence-electron chi connectivity index (χ1n) is 9.11. The van der Waals surface area contributed by atoms with Crippen molar-refractivity contribution in [2.45, 2.75) is 39.2 Å². The second kappa shape index (κ2) is 8.25. The molecule has 2 unspecified atom stereocenters. The summed E-state index contributed by atoms with van der Waals surface area (Å²) in [5.41, 5.74) is 1.73. The van der Waals surface area contributed by atoms with E-state index in [1.54, 1.807) is 4.68 Å². The minimum absolute atomic E-state index is 0.0905. The quantitative estimate of drug-likeness (QED) is 0.847. The first-order chi connectivity index (χ1) is 12.1. The van der Waals surface area contributed by atoms with E-state index in [2.05, 4.69) is 27.9 Å². The topological polar surface area (TPSA) is 71.8 Å². The molecule has 0 radical (unpaired) electrons. The zero-order chi connectivity index (χ0) is 17.6. The van der Waals surface area contributed by atoms with Crippen LogP contribution in [0.25, 0.3) is 5.69 Å². The van der Waals surface area contributed by atoms with Crippen LogP contribution in [0.5, 0.6) is 0 Å². The van der Waals surface area contributed by atoms with Gasteiger partial charge in [-0.2, -0.15) is 0 Å². The number of para-hydroxylation sites is 1. The predicted molar refractivity (Wildman–Crippen MR) is 97.3 cm³/mol. The van der Waals surface area contributed by atoms with E-state index in [0.717, 1.165) is 37.3 Å². The van der Waals surface area contributed by atoms with E-state index in [1.807, 2.05) is 43.5 Å². The number of nitrogens with zero attached hydrogens (tertiary/aromatic N) is 3. The molecule has 2 heterocycles. The van der Waals surface area contributed by atoms with Crippen LogP contribution in [0.15, 0.2) is 36.5 Å². The molecule has 1 aliphatic heterocycles. The molecule has 0 saturated carbocycles. The van der Waals surface area contributed by atoms with Gasteiger partial charge in [0.2, 0.25) is 5.91 Å². The van der Waals surface area contributed by atoms with Crippen LogP contribution < -0.4 is 10.6 Å². The van der Waals surface area contributed by atoms with Gasteiger partial charge in [0.25, 0.3) is 0 Å². The molecule has 1 amide bonds. The maximum Gasteiger partial charge on any atom is 0.220 e. The van der Waals surface area contributed by atoms with Crippen LogP contribution in [-0.2, 0) is 4.79 Å². The number of aromatic nitrogens is 3. The normalized spacial score (nSPS) is 17.8. The Morgan fingerprint density at radius 1 is 1.28 bits per heavy atom. The second-order valence-electron chi connectivity index (χ2n) is 6.98. The van der Waals surface area contributed by atoms with E-state index in [0.29, 0.717) is 18.3 Å². The van der Waals surface area contributed by atoms with Crippen LogP contribution in [-0.4, -0.2) is 34.0 Å². The summed E-state index contributed by atoms with van der Waals surface area (Å²) in [5, 5.41) is 14.8. The number of hydrogen-bond donors (Lipinski definition) is 2. The van der Waals surface area contributed by atoms with Gasteiger partial charge in [-0.15, -0.1) is 5.10 Å². The molecular weight excluding hydrogens is 314 g/mol. The molecule has 3 rings (SSSR count). The van der Waals surface area contributed by atoms with Gasteiger partial charge >= 0.3 is 0 Å². The number of carbonyl (C=O) groups excluding carboxylic acids is 1. The third kappa shape index (κ3) is 4.66. The fraction of sp³-hybridized carbons (Fsp3) is 0.526. The Labute approximate surface area is 149 Å². The molecule has 1 aliphatic rings. The molecular formula is C19H27N5O. The van der Waals surface area contributed by atoms with Crippen molar-refractivity contribution < 1.29 is 4.79 Å². The summed E-state index contributed by atoms with van der Waals surface area (Å²) in [6.07, 6.45) is 4.77. The number of piperidine rings is 1. The van der Waals surface area contributed by atoms with Crippen molar-refractivity contribution in [1.82, 2.24) is 25.6 Å². The third-order valence-corrected chi connectivity index (χ3v) is 5.05. The Morgan fingerprint density at radius 3 is 2.72 bits per heavy atom. The molecule has 2 atom stereocenters. The highest BCUT2D eigenvalue weighted by atomic mass is 16.1. The fourth-order valence-electron chi connectivity index (χ4n) is 3.43. The lowest BCUT2D eigenvalue weighted by Gasteiger charge is -2.28. The van der Waals surface area contributed by atoms with Gasteiger partial charge in [-0.05, 0) is 56.8 Å². The summed E-state index contributed by atoms with van der Waals surface area (Å²) >= 11 is 0. The largest absolute Gasteiger partial charge is 0.348 e. The minimum atomic E-state index is -0.148. The molecule has 1 fully saturated rings. The molecule has 6 heteroatoms. The highest BCUT2D eigenvalue weighted by Gasteiger charge is 2.23. The van der Waals surface area contributed by atoms with Gasteiger partial charge < -0.3 is 10.6 Å². The van der Waals surface area contributed by atoms with Crippen molar-refractivity contribution in [2.75, 3.05) is 13.1 Å². The average Bonchev–Trinajstić information content (AvgIpc) is 3.13. The molecule has 1 aromatic heterocycles. The lowest BCUT2D eigenvalue weighted by molar-refractivity contribution is -0.123. The molecule has 0 aliphatic carbocycles. The van der Waals surface area contributed by atoms with E-state index >= 15 is 0 Å². The van der Waals surface area contributed by atoms with Crippen molar-refractivity contribution >= 4 is 5.91 Å². The summed E-state index contributed by atoms with van der Waals surface area (Å²) in [6.45, 7) is 6.27. The van der Waals surface area contributed by atoms with Gasteiger partial charge in [0.05, 0.1) is 17.9 Å². The molecule has 1 saturated heterocycles. The van der Waals surface area contributed by atoms with Crippen molar-refractivity contribution in [1.29, 1.82) is 0 Å². The lowest BCUT2D eigenvalue weighted by Crippen LogP contribution is -2.34. The lowest BCUT2D eigenvalue weighted by atomic mass is 9.84. The molecule has 2 aromatic rings. The number of rotatable bonds is 6. The molecule has 0 spiro atoms. The average molecular weight is 341 g/mol. The van der Waals surface area contributed by atoms with Crippen molar-refractivity contribution in [3.8, 4) is 5.69 Å². The van der Waals surface area contributed by atoms with Crippen LogP contribution in [0, 0.1) is 11.8 Å². The fourth-order valence-corrected chi connectivity index (χ4v) is 3.43. The zero-order valence-corrected chi connectivity index (χ0v) is 15.0. The van der Waals surface area contributed by atoms with Crippen LogP contribution >= 0.6 is 0 Å². The Hall–Kier alpha value is -2.21. The van der Waals surface area contributed by atoms with Gasteiger partial charge in [-0.1, -0.05) is 30.3 Å². The molecule has 0 bridgehead atoms. The van der Waals surface area contributed by atoms with Gasteiger partial charge in [0.15, 0.2) is 0 Å². The van der Waals surface area contributed by atoms with E-state index < -0.39 is 0 Å². The van der Waals surface area contributed by atoms with Crippen molar-refractivity contribution in [3.63, 3.8) is 0 Å². The van der Waals surface area contributed by atoms with Gasteiger partial charge in [-0.25, -0.2) is 4.68 Å². The maximum absolute atomic E-state index is 12.4. The van der Waals surface area contributed by atoms with Crippen molar-refractivity contribution in [2.24, 2.45) is 11.8 Å². The molecule has 134 valence electrons. The predicted octanol–water partition coefficient (Wildman–Crippen LogP) is 2.47. The van der Waals surface area contributed by atoms with Crippen LogP contribution in [0.2, 0.25) is 0 Å². The molecule has 6 nitrogen and oxygen atoms in total. The Morgan fingerprint density at radius 2 is 2.00 bits per heavy atom. The number of hydrogen-bond acceptors (Lipinski definition) is 4. The van der Waals surface area contributed by atoms with Crippen LogP contribution in [0.4, 0.5) is 0 Å². The highest BCUT2D eigenvalue weighted by Crippen LogP contribution is 2.24. The van der Waals surface area contributed by atoms with E-state index in [1.165, 1.54) is 0 Å². The summed E-state index contributed by atoms with van der Waals surface area (Å²) in [6, 6.07) is 9.69. The summed E-state index contributed by atoms with van der Waals surface area (Å²) in [7, 11) is 0.